The number of halogens is 1. The predicted molar refractivity (Wildman–Crippen MR) is 61.4 cm³/mol. The third kappa shape index (κ3) is 2.25. The molecule has 2 rings (SSSR count). The van der Waals surface area contributed by atoms with Gasteiger partial charge < -0.3 is 15.2 Å². The molecule has 0 fully saturated rings. The zero-order valence-corrected chi connectivity index (χ0v) is 9.71. The molecule has 84 valence electrons. The fourth-order valence-corrected chi connectivity index (χ4v) is 1.74. The first-order chi connectivity index (χ1) is 6.72. The van der Waals surface area contributed by atoms with Gasteiger partial charge in [-0.25, -0.2) is 0 Å². The van der Waals surface area contributed by atoms with Crippen LogP contribution in [0.3, 0.4) is 0 Å². The van der Waals surface area contributed by atoms with E-state index < -0.39 is 0 Å². The Hall–Kier alpha value is -0.770. The van der Waals surface area contributed by atoms with Crippen LogP contribution in [0.1, 0.15) is 24.1 Å². The molecule has 0 amide bonds. The van der Waals surface area contributed by atoms with Gasteiger partial charge in [-0.2, -0.15) is 0 Å². The minimum Gasteiger partial charge on any atom is -0.497 e. The molecule has 1 heterocycles. The molecule has 15 heavy (non-hydrogen) atoms. The minimum absolute atomic E-state index is 0. The third-order valence-electron chi connectivity index (χ3n) is 2.72. The van der Waals surface area contributed by atoms with Crippen LogP contribution in [0.2, 0.25) is 0 Å². The average Bonchev–Trinajstić information content (AvgIpc) is 2.23. The first-order valence-electron chi connectivity index (χ1n) is 4.76. The molecule has 0 unspecified atom stereocenters. The number of rotatable bonds is 1. The molecule has 0 spiro atoms. The number of methoxy groups -OCH3 is 1. The number of fused-ring (bicyclic) bond motifs is 1. The highest BCUT2D eigenvalue weighted by atomic mass is 35.5. The van der Waals surface area contributed by atoms with E-state index in [-0.39, 0.29) is 24.6 Å². The first-order valence-corrected chi connectivity index (χ1v) is 4.76. The lowest BCUT2D eigenvalue weighted by molar-refractivity contribution is 0.0212. The maximum absolute atomic E-state index is 6.02. The molecule has 0 saturated carbocycles. The van der Waals surface area contributed by atoms with Crippen molar-refractivity contribution >= 4 is 12.4 Å². The molecule has 4 heteroatoms. The second-order valence-corrected chi connectivity index (χ2v) is 3.61. The maximum atomic E-state index is 6.02. The van der Waals surface area contributed by atoms with Crippen LogP contribution in [-0.2, 0) is 11.3 Å². The van der Waals surface area contributed by atoms with Crippen LogP contribution in [0.15, 0.2) is 18.2 Å². The summed E-state index contributed by atoms with van der Waals surface area (Å²) in [5, 5.41) is 0. The summed E-state index contributed by atoms with van der Waals surface area (Å²) in [4.78, 5) is 0. The van der Waals surface area contributed by atoms with Crippen LogP contribution in [-0.4, -0.2) is 13.2 Å². The van der Waals surface area contributed by atoms with Crippen molar-refractivity contribution < 1.29 is 9.47 Å². The Bertz CT molecular complexity index is 343. The third-order valence-corrected chi connectivity index (χ3v) is 2.72. The van der Waals surface area contributed by atoms with Gasteiger partial charge in [0.25, 0.3) is 0 Å². The Labute approximate surface area is 96.0 Å². The summed E-state index contributed by atoms with van der Waals surface area (Å²) in [6.45, 7) is 2.62. The first kappa shape index (κ1) is 12.3. The van der Waals surface area contributed by atoms with Crippen molar-refractivity contribution in [2.24, 2.45) is 5.73 Å². The molecule has 0 aromatic heterocycles. The average molecular weight is 230 g/mol. The van der Waals surface area contributed by atoms with Gasteiger partial charge in [0.15, 0.2) is 0 Å². The second kappa shape index (κ2) is 4.84. The van der Waals surface area contributed by atoms with E-state index in [0.717, 1.165) is 11.3 Å². The van der Waals surface area contributed by atoms with Crippen molar-refractivity contribution in [1.82, 2.24) is 0 Å². The Morgan fingerprint density at radius 1 is 1.47 bits per heavy atom. The predicted octanol–water partition coefficient (Wildman–Crippen LogP) is 2.04. The smallest absolute Gasteiger partial charge is 0.119 e. The van der Waals surface area contributed by atoms with Gasteiger partial charge in [-0.05, 0) is 30.2 Å². The van der Waals surface area contributed by atoms with Crippen LogP contribution < -0.4 is 10.5 Å². The van der Waals surface area contributed by atoms with Crippen LogP contribution >= 0.6 is 12.4 Å². The Kier molecular flexibility index (Phi) is 3.97. The molecular formula is C11H16ClNO2. The maximum Gasteiger partial charge on any atom is 0.119 e. The topological polar surface area (TPSA) is 44.5 Å². The Morgan fingerprint density at radius 2 is 2.20 bits per heavy atom. The zero-order chi connectivity index (χ0) is 10.1. The van der Waals surface area contributed by atoms with Crippen molar-refractivity contribution in [2.75, 3.05) is 7.11 Å². The summed E-state index contributed by atoms with van der Waals surface area (Å²) < 4.78 is 10.7. The Balaban J connectivity index is 0.00000112. The lowest BCUT2D eigenvalue weighted by atomic mass is 9.95. The molecule has 1 aromatic carbocycles. The van der Waals surface area contributed by atoms with Crippen molar-refractivity contribution in [3.05, 3.63) is 29.3 Å². The molecular weight excluding hydrogens is 214 g/mol. The SMILES string of the molecule is COc1ccc2c(c1)CO[C@H](C)[C@H]2N.Cl. The Morgan fingerprint density at radius 3 is 2.87 bits per heavy atom. The summed E-state index contributed by atoms with van der Waals surface area (Å²) >= 11 is 0. The highest BCUT2D eigenvalue weighted by Gasteiger charge is 2.23. The van der Waals surface area contributed by atoms with E-state index in [4.69, 9.17) is 15.2 Å². The summed E-state index contributed by atoms with van der Waals surface area (Å²) in [6, 6.07) is 5.93. The number of hydrogen-bond acceptors (Lipinski definition) is 3. The van der Waals surface area contributed by atoms with E-state index in [1.807, 2.05) is 25.1 Å². The molecule has 0 aliphatic carbocycles. The monoisotopic (exact) mass is 229 g/mol. The molecule has 3 nitrogen and oxygen atoms in total. The van der Waals surface area contributed by atoms with Gasteiger partial charge in [0.1, 0.15) is 5.75 Å². The normalized spacial score (nSPS) is 23.9. The zero-order valence-electron chi connectivity index (χ0n) is 8.90. The van der Waals surface area contributed by atoms with E-state index in [0.29, 0.717) is 6.61 Å². The fraction of sp³-hybridized carbons (Fsp3) is 0.455. The summed E-state index contributed by atoms with van der Waals surface area (Å²) in [5.41, 5.74) is 8.32. The number of nitrogens with two attached hydrogens (primary N) is 1. The summed E-state index contributed by atoms with van der Waals surface area (Å²) in [5.74, 6) is 0.856. The van der Waals surface area contributed by atoms with Gasteiger partial charge in [0.05, 0.1) is 25.9 Å². The van der Waals surface area contributed by atoms with E-state index in [1.54, 1.807) is 7.11 Å². The molecule has 2 N–H and O–H groups in total. The highest BCUT2D eigenvalue weighted by Crippen LogP contribution is 2.30. The van der Waals surface area contributed by atoms with Crippen LogP contribution in [0, 0.1) is 0 Å². The fourth-order valence-electron chi connectivity index (χ4n) is 1.74. The number of benzene rings is 1. The molecule has 1 aliphatic heterocycles. The molecule has 0 radical (unpaired) electrons. The lowest BCUT2D eigenvalue weighted by Gasteiger charge is -2.28. The van der Waals surface area contributed by atoms with Gasteiger partial charge in [0.2, 0.25) is 0 Å². The standard InChI is InChI=1S/C11H15NO2.ClH/c1-7-11(12)10-4-3-9(13-2)5-8(10)6-14-7;/h3-5,7,11H,6,12H2,1-2H3;1H/t7-,11-;/m1./s1. The minimum atomic E-state index is -0.0235. The van der Waals surface area contributed by atoms with Gasteiger partial charge in [-0.1, -0.05) is 6.07 Å². The second-order valence-electron chi connectivity index (χ2n) is 3.61. The van der Waals surface area contributed by atoms with Crippen molar-refractivity contribution in [3.8, 4) is 5.75 Å². The van der Waals surface area contributed by atoms with E-state index >= 15 is 0 Å². The van der Waals surface area contributed by atoms with E-state index in [2.05, 4.69) is 0 Å². The van der Waals surface area contributed by atoms with Crippen LogP contribution in [0.25, 0.3) is 0 Å². The summed E-state index contributed by atoms with van der Waals surface area (Å²) in [6.07, 6.45) is 0.0934. The van der Waals surface area contributed by atoms with Gasteiger partial charge >= 0.3 is 0 Å². The van der Waals surface area contributed by atoms with Crippen LogP contribution in [0.4, 0.5) is 0 Å². The lowest BCUT2D eigenvalue weighted by Crippen LogP contribution is -2.31. The van der Waals surface area contributed by atoms with Crippen molar-refractivity contribution in [3.63, 3.8) is 0 Å². The largest absolute Gasteiger partial charge is 0.497 e. The van der Waals surface area contributed by atoms with E-state index in [9.17, 15) is 0 Å². The van der Waals surface area contributed by atoms with Crippen molar-refractivity contribution in [2.45, 2.75) is 25.7 Å². The van der Waals surface area contributed by atoms with Crippen LogP contribution in [0.5, 0.6) is 5.75 Å². The molecule has 0 saturated heterocycles. The molecule has 1 aliphatic rings. The quantitative estimate of drug-likeness (QED) is 0.802. The molecule has 0 bridgehead atoms. The summed E-state index contributed by atoms with van der Waals surface area (Å²) in [7, 11) is 1.66. The van der Waals surface area contributed by atoms with Gasteiger partial charge in [-0.3, -0.25) is 0 Å². The molecule has 1 aromatic rings. The van der Waals surface area contributed by atoms with Crippen molar-refractivity contribution in [1.29, 1.82) is 0 Å². The highest BCUT2D eigenvalue weighted by molar-refractivity contribution is 5.85. The molecule has 2 atom stereocenters. The number of hydrogen-bond donors (Lipinski definition) is 1. The number of ether oxygens (including phenoxy) is 2. The van der Waals surface area contributed by atoms with E-state index in [1.165, 1.54) is 5.56 Å². The van der Waals surface area contributed by atoms with Gasteiger partial charge in [0, 0.05) is 0 Å². The van der Waals surface area contributed by atoms with Gasteiger partial charge in [-0.15, -0.1) is 12.4 Å².